The molecule has 1 fully saturated rings. The fraction of sp³-hybridized carbons (Fsp3) is 0.476. The minimum absolute atomic E-state index is 0.423. The second kappa shape index (κ2) is 10.9. The first-order chi connectivity index (χ1) is 14.2. The first-order valence-corrected chi connectivity index (χ1v) is 10.3. The Labute approximate surface area is 176 Å². The number of aromatic nitrogens is 2. The van der Waals surface area contributed by atoms with E-state index in [-0.39, 0.29) is 0 Å². The molecule has 1 aliphatic rings. The Morgan fingerprint density at radius 1 is 1.21 bits per heavy atom. The molecule has 3 rings (SSSR count). The van der Waals surface area contributed by atoms with Crippen molar-refractivity contribution in [3.8, 4) is 11.5 Å². The summed E-state index contributed by atoms with van der Waals surface area (Å²) in [6.45, 7) is 5.06. The summed E-state index contributed by atoms with van der Waals surface area (Å²) in [5.41, 5.74) is 0.853. The third kappa shape index (κ3) is 6.22. The molecule has 0 amide bonds. The molecular formula is C21H27ClN4O3. The average Bonchev–Trinajstić information content (AvgIpc) is 2.76. The van der Waals surface area contributed by atoms with Gasteiger partial charge in [-0.05, 0) is 56.4 Å². The largest absolute Gasteiger partial charge is 0.496 e. The van der Waals surface area contributed by atoms with Crippen molar-refractivity contribution in [3.63, 3.8) is 0 Å². The van der Waals surface area contributed by atoms with Crippen LogP contribution >= 0.6 is 11.6 Å². The lowest BCUT2D eigenvalue weighted by Gasteiger charge is -2.32. The van der Waals surface area contributed by atoms with Crippen LogP contribution in [0.1, 0.15) is 31.7 Å². The maximum atomic E-state index is 5.95. The van der Waals surface area contributed by atoms with E-state index in [1.165, 1.54) is 0 Å². The fourth-order valence-electron chi connectivity index (χ4n) is 3.33. The Hall–Kier alpha value is -2.54. The molecule has 0 saturated carbocycles. The average molecular weight is 419 g/mol. The number of oxime groups is 1. The van der Waals surface area contributed by atoms with E-state index in [0.717, 1.165) is 49.5 Å². The van der Waals surface area contributed by atoms with Crippen LogP contribution < -0.4 is 14.4 Å². The molecule has 0 aliphatic carbocycles. The maximum absolute atomic E-state index is 5.95. The lowest BCUT2D eigenvalue weighted by molar-refractivity contribution is 0.160. The molecule has 1 saturated heterocycles. The van der Waals surface area contributed by atoms with Crippen LogP contribution in [-0.4, -0.2) is 49.8 Å². The Kier molecular flexibility index (Phi) is 7.93. The van der Waals surface area contributed by atoms with Crippen LogP contribution in [0.15, 0.2) is 35.5 Å². The molecule has 0 bridgehead atoms. The highest BCUT2D eigenvalue weighted by Crippen LogP contribution is 2.26. The van der Waals surface area contributed by atoms with E-state index in [1.807, 2.05) is 31.2 Å². The lowest BCUT2D eigenvalue weighted by atomic mass is 9.94. The second-order valence-electron chi connectivity index (χ2n) is 6.84. The quantitative estimate of drug-likeness (QED) is 0.449. The third-order valence-corrected chi connectivity index (χ3v) is 5.15. The highest BCUT2D eigenvalue weighted by atomic mass is 35.5. The molecule has 1 aromatic carbocycles. The molecule has 29 heavy (non-hydrogen) atoms. The van der Waals surface area contributed by atoms with Gasteiger partial charge in [-0.15, -0.1) is 10.2 Å². The number of hydrogen-bond donors (Lipinski definition) is 0. The van der Waals surface area contributed by atoms with Crippen LogP contribution in [0.3, 0.4) is 0 Å². The van der Waals surface area contributed by atoms with Gasteiger partial charge in [0.1, 0.15) is 18.1 Å². The van der Waals surface area contributed by atoms with E-state index in [1.54, 1.807) is 19.4 Å². The van der Waals surface area contributed by atoms with E-state index < -0.39 is 0 Å². The van der Waals surface area contributed by atoms with Gasteiger partial charge in [0.05, 0.1) is 19.9 Å². The molecule has 0 spiro atoms. The monoisotopic (exact) mass is 418 g/mol. The van der Waals surface area contributed by atoms with E-state index in [9.17, 15) is 0 Å². The van der Waals surface area contributed by atoms with Crippen LogP contribution in [0.4, 0.5) is 5.82 Å². The summed E-state index contributed by atoms with van der Waals surface area (Å²) in [6, 6.07) is 9.44. The van der Waals surface area contributed by atoms with E-state index in [4.69, 9.17) is 25.9 Å². The molecule has 0 N–H and O–H groups in total. The van der Waals surface area contributed by atoms with Gasteiger partial charge < -0.3 is 19.2 Å². The molecule has 0 atom stereocenters. The Morgan fingerprint density at radius 2 is 2.03 bits per heavy atom. The number of rotatable bonds is 9. The van der Waals surface area contributed by atoms with Crippen molar-refractivity contribution in [3.05, 3.63) is 41.0 Å². The van der Waals surface area contributed by atoms with Crippen LogP contribution in [0.25, 0.3) is 0 Å². The molecule has 8 heteroatoms. The molecule has 2 heterocycles. The van der Waals surface area contributed by atoms with Crippen molar-refractivity contribution >= 4 is 23.6 Å². The minimum Gasteiger partial charge on any atom is -0.496 e. The Morgan fingerprint density at radius 3 is 2.72 bits per heavy atom. The summed E-state index contributed by atoms with van der Waals surface area (Å²) in [4.78, 5) is 7.26. The SMILES string of the molecule is CCON=Cc1ccc(OCCC2CCN(c3ccc(Cl)nn3)CC2)cc1OC. The molecule has 156 valence electrons. The fourth-order valence-corrected chi connectivity index (χ4v) is 3.43. The maximum Gasteiger partial charge on any atom is 0.151 e. The van der Waals surface area contributed by atoms with Crippen molar-refractivity contribution < 1.29 is 14.3 Å². The summed E-state index contributed by atoms with van der Waals surface area (Å²) >= 11 is 5.81. The van der Waals surface area contributed by atoms with Gasteiger partial charge in [0.15, 0.2) is 11.0 Å². The topological polar surface area (TPSA) is 69.1 Å². The first-order valence-electron chi connectivity index (χ1n) is 9.90. The third-order valence-electron chi connectivity index (χ3n) is 4.95. The summed E-state index contributed by atoms with van der Waals surface area (Å²) in [6.07, 6.45) is 4.90. The number of hydrogen-bond acceptors (Lipinski definition) is 7. The highest BCUT2D eigenvalue weighted by molar-refractivity contribution is 6.29. The predicted octanol–water partition coefficient (Wildman–Crippen LogP) is 4.19. The predicted molar refractivity (Wildman–Crippen MR) is 114 cm³/mol. The molecule has 1 aromatic heterocycles. The van der Waals surface area contributed by atoms with Crippen LogP contribution in [0.5, 0.6) is 11.5 Å². The van der Waals surface area contributed by atoms with Gasteiger partial charge in [0.2, 0.25) is 0 Å². The van der Waals surface area contributed by atoms with E-state index in [0.29, 0.717) is 30.0 Å². The molecule has 0 radical (unpaired) electrons. The van der Waals surface area contributed by atoms with E-state index in [2.05, 4.69) is 20.3 Å². The number of nitrogens with zero attached hydrogens (tertiary/aromatic N) is 4. The normalized spacial score (nSPS) is 14.9. The highest BCUT2D eigenvalue weighted by Gasteiger charge is 2.20. The smallest absolute Gasteiger partial charge is 0.151 e. The van der Waals surface area contributed by atoms with Crippen LogP contribution in [-0.2, 0) is 4.84 Å². The number of methoxy groups -OCH3 is 1. The first kappa shape index (κ1) is 21.2. The molecular weight excluding hydrogens is 392 g/mol. The van der Waals surface area contributed by atoms with Crippen LogP contribution in [0.2, 0.25) is 5.15 Å². The van der Waals surface area contributed by atoms with Gasteiger partial charge >= 0.3 is 0 Å². The van der Waals surface area contributed by atoms with Crippen LogP contribution in [0, 0.1) is 5.92 Å². The number of piperidine rings is 1. The zero-order valence-corrected chi connectivity index (χ0v) is 17.6. The Bertz CT molecular complexity index is 793. The zero-order chi connectivity index (χ0) is 20.5. The van der Waals surface area contributed by atoms with Gasteiger partial charge in [0, 0.05) is 24.7 Å². The number of halogens is 1. The minimum atomic E-state index is 0.423. The zero-order valence-electron chi connectivity index (χ0n) is 16.9. The molecule has 7 nitrogen and oxygen atoms in total. The van der Waals surface area contributed by atoms with Gasteiger partial charge in [0.25, 0.3) is 0 Å². The van der Waals surface area contributed by atoms with Gasteiger partial charge in [-0.25, -0.2) is 0 Å². The molecule has 2 aromatic rings. The van der Waals surface area contributed by atoms with Crippen molar-refractivity contribution in [2.45, 2.75) is 26.2 Å². The van der Waals surface area contributed by atoms with E-state index >= 15 is 0 Å². The standard InChI is InChI=1S/C21H27ClN4O3/c1-3-29-23-15-17-4-5-18(14-19(17)27-2)28-13-10-16-8-11-26(12-9-16)21-7-6-20(22)24-25-21/h4-7,14-16H,3,8-13H2,1-2H3. The van der Waals surface area contributed by atoms with Gasteiger partial charge in [-0.3, -0.25) is 0 Å². The van der Waals surface area contributed by atoms with Gasteiger partial charge in [-0.2, -0.15) is 0 Å². The van der Waals surface area contributed by atoms with Gasteiger partial charge in [-0.1, -0.05) is 16.8 Å². The number of ether oxygens (including phenoxy) is 2. The number of anilines is 1. The van der Waals surface area contributed by atoms with Crippen molar-refractivity contribution in [2.24, 2.45) is 11.1 Å². The van der Waals surface area contributed by atoms with Crippen molar-refractivity contribution in [1.29, 1.82) is 0 Å². The molecule has 0 unspecified atom stereocenters. The second-order valence-corrected chi connectivity index (χ2v) is 7.23. The van der Waals surface area contributed by atoms with Crippen molar-refractivity contribution in [1.82, 2.24) is 10.2 Å². The Balaban J connectivity index is 1.44. The lowest BCUT2D eigenvalue weighted by Crippen LogP contribution is -2.34. The summed E-state index contributed by atoms with van der Waals surface area (Å²) in [7, 11) is 1.63. The summed E-state index contributed by atoms with van der Waals surface area (Å²) in [5.74, 6) is 3.04. The van der Waals surface area contributed by atoms with Crippen molar-refractivity contribution in [2.75, 3.05) is 38.3 Å². The summed E-state index contributed by atoms with van der Waals surface area (Å²) < 4.78 is 11.4. The summed E-state index contributed by atoms with van der Waals surface area (Å²) in [5, 5.41) is 12.4. The molecule has 1 aliphatic heterocycles. The number of benzene rings is 1.